The van der Waals surface area contributed by atoms with Crippen molar-refractivity contribution in [2.75, 3.05) is 10.6 Å². The molecule has 0 saturated carbocycles. The van der Waals surface area contributed by atoms with Crippen LogP contribution in [0.25, 0.3) is 0 Å². The van der Waals surface area contributed by atoms with E-state index in [1.54, 1.807) is 48.5 Å². The summed E-state index contributed by atoms with van der Waals surface area (Å²) in [5.41, 5.74) is 1.63. The van der Waals surface area contributed by atoms with Crippen molar-refractivity contribution in [2.45, 2.75) is 24.3 Å². The van der Waals surface area contributed by atoms with Crippen molar-refractivity contribution in [1.82, 2.24) is 4.72 Å². The van der Waals surface area contributed by atoms with Crippen LogP contribution in [0.5, 0.6) is 0 Å². The fourth-order valence-corrected chi connectivity index (χ4v) is 4.21. The molecule has 0 bridgehead atoms. The minimum atomic E-state index is -4.09. The molecule has 0 aliphatic rings. The first-order valence-electron chi connectivity index (χ1n) is 9.73. The minimum Gasteiger partial charge on any atom is -0.326 e. The third kappa shape index (κ3) is 6.47. The van der Waals surface area contributed by atoms with Gasteiger partial charge >= 0.3 is 0 Å². The van der Waals surface area contributed by atoms with Gasteiger partial charge < -0.3 is 10.6 Å². The summed E-state index contributed by atoms with van der Waals surface area (Å²) < 4.78 is 41.2. The van der Waals surface area contributed by atoms with E-state index in [9.17, 15) is 22.4 Å². The van der Waals surface area contributed by atoms with Crippen molar-refractivity contribution in [3.63, 3.8) is 0 Å². The molecule has 3 aromatic rings. The van der Waals surface area contributed by atoms with Gasteiger partial charge in [0, 0.05) is 18.3 Å². The van der Waals surface area contributed by atoms with Gasteiger partial charge in [-0.1, -0.05) is 36.4 Å². The second kappa shape index (κ2) is 10.2. The quantitative estimate of drug-likeness (QED) is 0.485. The van der Waals surface area contributed by atoms with Crippen molar-refractivity contribution in [2.24, 2.45) is 0 Å². The molecule has 0 aliphatic heterocycles. The van der Waals surface area contributed by atoms with Crippen LogP contribution in [-0.2, 0) is 26.0 Å². The Bertz CT molecular complexity index is 1200. The second-order valence-corrected chi connectivity index (χ2v) is 8.78. The van der Waals surface area contributed by atoms with Crippen molar-refractivity contribution in [3.8, 4) is 0 Å². The molecule has 0 fully saturated rings. The lowest BCUT2D eigenvalue weighted by molar-refractivity contribution is -0.117. The zero-order valence-corrected chi connectivity index (χ0v) is 18.0. The van der Waals surface area contributed by atoms with E-state index in [2.05, 4.69) is 15.4 Å². The summed E-state index contributed by atoms with van der Waals surface area (Å²) in [4.78, 5) is 24.1. The number of anilines is 2. The number of rotatable bonds is 8. The van der Waals surface area contributed by atoms with Crippen molar-refractivity contribution < 1.29 is 22.4 Å². The monoisotopic (exact) mass is 455 g/mol. The average molecular weight is 456 g/mol. The molecule has 3 aromatic carbocycles. The Morgan fingerprint density at radius 2 is 1.50 bits per heavy atom. The number of hydrogen-bond acceptors (Lipinski definition) is 4. The molecule has 32 heavy (non-hydrogen) atoms. The highest BCUT2D eigenvalue weighted by Gasteiger charge is 2.26. The zero-order valence-electron chi connectivity index (χ0n) is 17.2. The topological polar surface area (TPSA) is 104 Å². The largest absolute Gasteiger partial charge is 0.326 e. The third-order valence-corrected chi connectivity index (χ3v) is 5.96. The normalized spacial score (nSPS) is 12.1. The van der Waals surface area contributed by atoms with E-state index in [1.807, 2.05) is 6.07 Å². The van der Waals surface area contributed by atoms with Gasteiger partial charge in [-0.25, -0.2) is 12.8 Å². The van der Waals surface area contributed by atoms with Gasteiger partial charge in [-0.15, -0.1) is 0 Å². The van der Waals surface area contributed by atoms with Gasteiger partial charge in [0.15, 0.2) is 0 Å². The van der Waals surface area contributed by atoms with E-state index < -0.39 is 27.8 Å². The van der Waals surface area contributed by atoms with Gasteiger partial charge in [0.25, 0.3) is 0 Å². The lowest BCUT2D eigenvalue weighted by Gasteiger charge is -2.19. The maximum atomic E-state index is 13.2. The molecular formula is C23H22FN3O4S. The van der Waals surface area contributed by atoms with Crippen LogP contribution in [0, 0.1) is 5.82 Å². The van der Waals surface area contributed by atoms with Crippen molar-refractivity contribution in [3.05, 3.63) is 90.2 Å². The minimum absolute atomic E-state index is 0.0957. The number of halogens is 1. The Morgan fingerprint density at radius 3 is 2.12 bits per heavy atom. The molecule has 0 heterocycles. The summed E-state index contributed by atoms with van der Waals surface area (Å²) in [6.07, 6.45) is 0.0957. The molecule has 9 heteroatoms. The van der Waals surface area contributed by atoms with Crippen molar-refractivity contribution >= 4 is 33.2 Å². The van der Waals surface area contributed by atoms with Gasteiger partial charge in [0.05, 0.1) is 4.90 Å². The van der Waals surface area contributed by atoms with E-state index in [1.165, 1.54) is 6.92 Å². The van der Waals surface area contributed by atoms with Crippen LogP contribution < -0.4 is 15.4 Å². The summed E-state index contributed by atoms with van der Waals surface area (Å²) in [6.45, 7) is 1.37. The summed E-state index contributed by atoms with van der Waals surface area (Å²) in [6, 6.07) is 18.6. The second-order valence-electron chi connectivity index (χ2n) is 7.07. The van der Waals surface area contributed by atoms with Crippen LogP contribution in [-0.4, -0.2) is 26.3 Å². The summed E-state index contributed by atoms with van der Waals surface area (Å²) in [5, 5.41) is 5.30. The molecule has 0 saturated heterocycles. The Hall–Kier alpha value is -3.56. The molecule has 166 valence electrons. The Kier molecular flexibility index (Phi) is 7.34. The number of hydrogen-bond donors (Lipinski definition) is 3. The number of benzene rings is 3. The number of amides is 2. The number of nitrogens with one attached hydrogen (secondary N) is 3. The molecule has 3 rings (SSSR count). The molecule has 0 unspecified atom stereocenters. The van der Waals surface area contributed by atoms with E-state index in [4.69, 9.17) is 0 Å². The highest BCUT2D eigenvalue weighted by molar-refractivity contribution is 7.89. The van der Waals surface area contributed by atoms with Crippen LogP contribution in [0.15, 0.2) is 83.8 Å². The van der Waals surface area contributed by atoms with Gasteiger partial charge in [0.1, 0.15) is 11.9 Å². The molecule has 0 aliphatic carbocycles. The van der Waals surface area contributed by atoms with Gasteiger partial charge in [-0.3, -0.25) is 9.59 Å². The summed E-state index contributed by atoms with van der Waals surface area (Å²) in [7, 11) is -4.09. The summed E-state index contributed by atoms with van der Waals surface area (Å²) >= 11 is 0. The molecule has 0 spiro atoms. The molecule has 2 amide bonds. The highest BCUT2D eigenvalue weighted by atomic mass is 32.2. The standard InChI is InChI=1S/C23H22FN3O4S/c1-16(28)25-19-8-5-9-20(15-19)26-23(29)22(14-17-6-3-2-4-7-17)27-32(30,31)21-12-10-18(24)11-13-21/h2-13,15,22,27H,14H2,1H3,(H,25,28)(H,26,29)/t22-/m1/s1. The molecule has 3 N–H and O–H groups in total. The summed E-state index contributed by atoms with van der Waals surface area (Å²) in [5.74, 6) is -1.41. The smallest absolute Gasteiger partial charge is 0.242 e. The molecule has 0 radical (unpaired) electrons. The van der Waals surface area contributed by atoms with Crippen molar-refractivity contribution in [1.29, 1.82) is 0 Å². The van der Waals surface area contributed by atoms with E-state index in [0.29, 0.717) is 11.4 Å². The SMILES string of the molecule is CC(=O)Nc1cccc(NC(=O)[C@@H](Cc2ccccc2)NS(=O)(=O)c2ccc(F)cc2)c1. The fourth-order valence-electron chi connectivity index (χ4n) is 3.01. The predicted molar refractivity (Wildman–Crippen MR) is 120 cm³/mol. The van der Waals surface area contributed by atoms with Crippen LogP contribution >= 0.6 is 0 Å². The van der Waals surface area contributed by atoms with Crippen LogP contribution in [0.4, 0.5) is 15.8 Å². The highest BCUT2D eigenvalue weighted by Crippen LogP contribution is 2.17. The number of carbonyl (C=O) groups is 2. The molecule has 0 aromatic heterocycles. The van der Waals surface area contributed by atoms with Gasteiger partial charge in [0.2, 0.25) is 21.8 Å². The molecular weight excluding hydrogens is 433 g/mol. The van der Waals surface area contributed by atoms with Crippen LogP contribution in [0.1, 0.15) is 12.5 Å². The fraction of sp³-hybridized carbons (Fsp3) is 0.130. The Morgan fingerprint density at radius 1 is 0.875 bits per heavy atom. The maximum absolute atomic E-state index is 13.2. The lowest BCUT2D eigenvalue weighted by atomic mass is 10.1. The predicted octanol–water partition coefficient (Wildman–Crippen LogP) is 3.31. The Labute approximate surface area is 185 Å². The maximum Gasteiger partial charge on any atom is 0.242 e. The first-order valence-corrected chi connectivity index (χ1v) is 11.2. The third-order valence-electron chi connectivity index (χ3n) is 4.47. The number of carbonyl (C=O) groups excluding carboxylic acids is 2. The van der Waals surface area contributed by atoms with E-state index in [0.717, 1.165) is 29.8 Å². The Balaban J connectivity index is 1.84. The van der Waals surface area contributed by atoms with Gasteiger partial charge in [-0.2, -0.15) is 4.72 Å². The van der Waals surface area contributed by atoms with Crippen LogP contribution in [0.2, 0.25) is 0 Å². The molecule has 7 nitrogen and oxygen atoms in total. The average Bonchev–Trinajstić information content (AvgIpc) is 2.74. The first kappa shape index (κ1) is 23.1. The van der Waals surface area contributed by atoms with Gasteiger partial charge in [-0.05, 0) is 54.4 Å². The zero-order chi connectivity index (χ0) is 23.1. The molecule has 1 atom stereocenters. The van der Waals surface area contributed by atoms with E-state index in [-0.39, 0.29) is 17.2 Å². The van der Waals surface area contributed by atoms with E-state index >= 15 is 0 Å². The van der Waals surface area contributed by atoms with Crippen LogP contribution in [0.3, 0.4) is 0 Å². The first-order chi connectivity index (χ1) is 15.2. The number of sulfonamides is 1. The lowest BCUT2D eigenvalue weighted by Crippen LogP contribution is -2.45.